The average Bonchev–Trinajstić information content (AvgIpc) is 3.32. The average molecular weight is 480 g/mol. The fourth-order valence-electron chi connectivity index (χ4n) is 3.46. The van der Waals surface area contributed by atoms with Crippen LogP contribution in [0.1, 0.15) is 11.1 Å². The molecule has 2 aromatic heterocycles. The van der Waals surface area contributed by atoms with Crippen molar-refractivity contribution in [1.29, 1.82) is 0 Å². The maximum atomic E-state index is 12.4. The Morgan fingerprint density at radius 1 is 1.06 bits per heavy atom. The van der Waals surface area contributed by atoms with Crippen LogP contribution >= 0.6 is 0 Å². The molecule has 0 amide bonds. The minimum absolute atomic E-state index is 0.339. The zero-order chi connectivity index (χ0) is 24.3. The molecule has 10 heteroatoms. The zero-order valence-electron chi connectivity index (χ0n) is 18.3. The molecule has 0 saturated carbocycles. The predicted molar refractivity (Wildman–Crippen MR) is 131 cm³/mol. The number of nitrogens with zero attached hydrogens (tertiary/aromatic N) is 1. The predicted octanol–water partition coefficient (Wildman–Crippen LogP) is 3.34. The first-order valence-electron chi connectivity index (χ1n) is 10.1. The van der Waals surface area contributed by atoms with E-state index >= 15 is 0 Å². The van der Waals surface area contributed by atoms with Gasteiger partial charge in [-0.2, -0.15) is 0 Å². The van der Waals surface area contributed by atoms with Crippen LogP contribution in [-0.4, -0.2) is 31.3 Å². The monoisotopic (exact) mass is 479 g/mol. The molecular formula is C24H21N3O6S. The molecule has 0 radical (unpaired) electrons. The molecule has 34 heavy (non-hydrogen) atoms. The molecule has 4 aromatic rings. The molecule has 0 atom stereocenters. The molecule has 0 aliphatic carbocycles. The van der Waals surface area contributed by atoms with E-state index in [-0.39, 0.29) is 0 Å². The lowest BCUT2D eigenvalue weighted by Crippen LogP contribution is -2.32. The first kappa shape index (κ1) is 22.9. The van der Waals surface area contributed by atoms with Gasteiger partial charge in [-0.25, -0.2) is 17.8 Å². The van der Waals surface area contributed by atoms with Crippen LogP contribution in [-0.2, 0) is 10.0 Å². The fourth-order valence-corrected chi connectivity index (χ4v) is 4.03. The summed E-state index contributed by atoms with van der Waals surface area (Å²) < 4.78 is 37.4. The molecule has 0 spiro atoms. The van der Waals surface area contributed by atoms with Crippen molar-refractivity contribution in [1.82, 2.24) is 9.55 Å². The van der Waals surface area contributed by atoms with Gasteiger partial charge < -0.3 is 14.1 Å². The summed E-state index contributed by atoms with van der Waals surface area (Å²) in [5, 5.41) is 0. The minimum Gasteiger partial charge on any atom is -0.495 e. The minimum atomic E-state index is -3.37. The fraction of sp³-hybridized carbons (Fsp3) is 0.0833. The molecule has 4 rings (SSSR count). The van der Waals surface area contributed by atoms with Crippen LogP contribution in [0.3, 0.4) is 0 Å². The van der Waals surface area contributed by atoms with Crippen LogP contribution in [0, 0.1) is 0 Å². The van der Waals surface area contributed by atoms with Crippen molar-refractivity contribution in [2.24, 2.45) is 0 Å². The van der Waals surface area contributed by atoms with E-state index in [0.717, 1.165) is 16.4 Å². The van der Waals surface area contributed by atoms with E-state index in [4.69, 9.17) is 9.15 Å². The maximum Gasteiger partial charge on any atom is 0.332 e. The third-order valence-electron chi connectivity index (χ3n) is 4.88. The summed E-state index contributed by atoms with van der Waals surface area (Å²) in [4.78, 5) is 27.3. The van der Waals surface area contributed by atoms with E-state index in [1.807, 2.05) is 0 Å². The zero-order valence-corrected chi connectivity index (χ0v) is 19.1. The summed E-state index contributed by atoms with van der Waals surface area (Å²) >= 11 is 0. The lowest BCUT2D eigenvalue weighted by Gasteiger charge is -2.14. The van der Waals surface area contributed by atoms with Gasteiger partial charge in [-0.1, -0.05) is 24.3 Å². The number of aromatic amines is 1. The van der Waals surface area contributed by atoms with Gasteiger partial charge in [-0.15, -0.1) is 0 Å². The number of aromatic nitrogens is 2. The Morgan fingerprint density at radius 2 is 1.82 bits per heavy atom. The van der Waals surface area contributed by atoms with Crippen molar-refractivity contribution in [3.05, 3.63) is 99.0 Å². The second kappa shape index (κ2) is 9.28. The number of hydrogen-bond acceptors (Lipinski definition) is 6. The Kier molecular flexibility index (Phi) is 6.24. The molecule has 2 N–H and O–H groups in total. The number of sulfonamides is 1. The van der Waals surface area contributed by atoms with E-state index in [2.05, 4.69) is 9.71 Å². The number of ether oxygens (including phenoxy) is 1. The van der Waals surface area contributed by atoms with Gasteiger partial charge in [-0.3, -0.25) is 9.52 Å². The van der Waals surface area contributed by atoms with Crippen LogP contribution in [0.2, 0.25) is 0 Å². The van der Waals surface area contributed by atoms with Crippen molar-refractivity contribution in [3.63, 3.8) is 0 Å². The largest absolute Gasteiger partial charge is 0.495 e. The maximum absolute atomic E-state index is 12.4. The number of benzene rings is 2. The van der Waals surface area contributed by atoms with Crippen molar-refractivity contribution < 1.29 is 17.6 Å². The van der Waals surface area contributed by atoms with Crippen molar-refractivity contribution in [2.45, 2.75) is 0 Å². The third kappa shape index (κ3) is 5.02. The van der Waals surface area contributed by atoms with E-state index < -0.39 is 21.3 Å². The summed E-state index contributed by atoms with van der Waals surface area (Å²) in [5.41, 5.74) is 1.68. The number of furan rings is 1. The highest BCUT2D eigenvalue weighted by atomic mass is 32.2. The Bertz CT molecular complexity index is 1540. The smallest absolute Gasteiger partial charge is 0.332 e. The SMILES string of the molecule is COc1c(/C=C/c2ccc(NS(C)(=O)=O)cc2)cc(-n2c(=O)cc[nH]c2=O)cc1-c1ccco1. The number of nitrogens with one attached hydrogen (secondary N) is 2. The lowest BCUT2D eigenvalue weighted by atomic mass is 10.0. The van der Waals surface area contributed by atoms with Crippen LogP contribution < -0.4 is 20.7 Å². The van der Waals surface area contributed by atoms with Gasteiger partial charge in [-0.05, 0) is 42.0 Å². The Morgan fingerprint density at radius 3 is 2.44 bits per heavy atom. The normalized spacial score (nSPS) is 11.6. The van der Waals surface area contributed by atoms with E-state index in [0.29, 0.717) is 34.0 Å². The number of H-pyrrole nitrogens is 1. The molecule has 0 unspecified atom stereocenters. The first-order chi connectivity index (χ1) is 16.2. The Hall–Kier alpha value is -4.31. The van der Waals surface area contributed by atoms with Crippen molar-refractivity contribution in [2.75, 3.05) is 18.1 Å². The number of anilines is 1. The van der Waals surface area contributed by atoms with Gasteiger partial charge in [0.2, 0.25) is 10.0 Å². The van der Waals surface area contributed by atoms with E-state index in [1.165, 1.54) is 25.6 Å². The van der Waals surface area contributed by atoms with Gasteiger partial charge in [0.05, 0.1) is 30.9 Å². The summed E-state index contributed by atoms with van der Waals surface area (Å²) in [6.45, 7) is 0. The van der Waals surface area contributed by atoms with Gasteiger partial charge in [0.25, 0.3) is 5.56 Å². The lowest BCUT2D eigenvalue weighted by molar-refractivity contribution is 0.413. The second-order valence-corrected chi connectivity index (χ2v) is 9.13. The van der Waals surface area contributed by atoms with Crippen molar-refractivity contribution >= 4 is 27.9 Å². The Labute approximate surface area is 195 Å². The van der Waals surface area contributed by atoms with Gasteiger partial charge >= 0.3 is 5.69 Å². The highest BCUT2D eigenvalue weighted by Gasteiger charge is 2.16. The topological polar surface area (TPSA) is 123 Å². The van der Waals surface area contributed by atoms with Crippen LogP contribution in [0.25, 0.3) is 29.2 Å². The van der Waals surface area contributed by atoms with Crippen molar-refractivity contribution in [3.8, 4) is 22.8 Å². The first-order valence-corrected chi connectivity index (χ1v) is 12.0. The quantitative estimate of drug-likeness (QED) is 0.392. The number of methoxy groups -OCH3 is 1. The van der Waals surface area contributed by atoms with Gasteiger partial charge in [0, 0.05) is 23.5 Å². The highest BCUT2D eigenvalue weighted by Crippen LogP contribution is 2.36. The molecule has 0 bridgehead atoms. The van der Waals surface area contributed by atoms with Crippen LogP contribution in [0.5, 0.6) is 5.75 Å². The van der Waals surface area contributed by atoms with Crippen LogP contribution in [0.4, 0.5) is 5.69 Å². The third-order valence-corrected chi connectivity index (χ3v) is 5.48. The molecule has 0 aliphatic rings. The standard InChI is InChI=1S/C24H21N3O6S/c1-32-23-17(8-5-16-6-9-18(10-7-16)26-34(2,30)31)14-19(15-20(23)21-4-3-13-33-21)27-22(28)11-12-25-24(27)29/h3-15,26H,1-2H3,(H,25,29)/b8-5+. The molecule has 9 nitrogen and oxygen atoms in total. The molecule has 2 heterocycles. The van der Waals surface area contributed by atoms with E-state index in [9.17, 15) is 18.0 Å². The van der Waals surface area contributed by atoms with E-state index in [1.54, 1.807) is 60.7 Å². The summed E-state index contributed by atoms with van der Waals surface area (Å²) in [6.07, 6.45) is 7.47. The van der Waals surface area contributed by atoms with Gasteiger partial charge in [0.15, 0.2) is 0 Å². The summed E-state index contributed by atoms with van der Waals surface area (Å²) in [7, 11) is -1.85. The highest BCUT2D eigenvalue weighted by molar-refractivity contribution is 7.92. The molecule has 2 aromatic carbocycles. The molecule has 0 fully saturated rings. The van der Waals surface area contributed by atoms with Gasteiger partial charge in [0.1, 0.15) is 11.5 Å². The number of hydrogen-bond donors (Lipinski definition) is 2. The second-order valence-electron chi connectivity index (χ2n) is 7.38. The van der Waals surface area contributed by atoms with Crippen LogP contribution in [0.15, 0.2) is 81.1 Å². The summed E-state index contributed by atoms with van der Waals surface area (Å²) in [5.74, 6) is 0.996. The molecule has 0 saturated heterocycles. The molecular weight excluding hydrogens is 458 g/mol. The molecule has 0 aliphatic heterocycles. The Balaban J connectivity index is 1.82. The number of rotatable bonds is 7. The molecule has 174 valence electrons. The summed E-state index contributed by atoms with van der Waals surface area (Å²) in [6, 6.07) is 14.8.